The number of carbonyl (C=O) groups excluding carboxylic acids is 1. The number of hydrogen-bond acceptors (Lipinski definition) is 5. The SMILES string of the molecule is Cc1cc(C)c(C)c(S(=O)(=O)NC(=O)C(C)OCC2CCCO2)c1C. The van der Waals surface area contributed by atoms with Crippen molar-refractivity contribution in [1.82, 2.24) is 4.72 Å². The molecule has 1 N–H and O–H groups in total. The normalized spacial score (nSPS) is 19.0. The van der Waals surface area contributed by atoms with E-state index in [1.54, 1.807) is 20.8 Å². The van der Waals surface area contributed by atoms with Gasteiger partial charge in [0.15, 0.2) is 0 Å². The highest BCUT2D eigenvalue weighted by Gasteiger charge is 2.27. The van der Waals surface area contributed by atoms with Crippen molar-refractivity contribution in [2.75, 3.05) is 13.2 Å². The van der Waals surface area contributed by atoms with Gasteiger partial charge in [0.25, 0.3) is 15.9 Å². The first kappa shape index (κ1) is 19.9. The lowest BCUT2D eigenvalue weighted by Gasteiger charge is -2.19. The maximum atomic E-state index is 12.7. The predicted molar refractivity (Wildman–Crippen MR) is 95.1 cm³/mol. The molecular formula is C18H27NO5S. The molecule has 0 spiro atoms. The summed E-state index contributed by atoms with van der Waals surface area (Å²) < 4.78 is 38.5. The zero-order valence-electron chi connectivity index (χ0n) is 15.5. The van der Waals surface area contributed by atoms with Crippen LogP contribution in [-0.2, 0) is 24.3 Å². The van der Waals surface area contributed by atoms with Crippen molar-refractivity contribution < 1.29 is 22.7 Å². The summed E-state index contributed by atoms with van der Waals surface area (Å²) in [7, 11) is -3.96. The molecule has 0 saturated carbocycles. The molecule has 25 heavy (non-hydrogen) atoms. The van der Waals surface area contributed by atoms with Gasteiger partial charge in [-0.2, -0.15) is 0 Å². The Labute approximate surface area is 150 Å². The van der Waals surface area contributed by atoms with Gasteiger partial charge >= 0.3 is 0 Å². The molecule has 0 radical (unpaired) electrons. The first-order chi connectivity index (χ1) is 11.6. The van der Waals surface area contributed by atoms with Crippen LogP contribution in [0, 0.1) is 27.7 Å². The van der Waals surface area contributed by atoms with Crippen LogP contribution in [0.15, 0.2) is 11.0 Å². The summed E-state index contributed by atoms with van der Waals surface area (Å²) in [6.07, 6.45) is 0.989. The van der Waals surface area contributed by atoms with Crippen molar-refractivity contribution in [3.63, 3.8) is 0 Å². The smallest absolute Gasteiger partial charge is 0.264 e. The second kappa shape index (κ2) is 7.85. The summed E-state index contributed by atoms with van der Waals surface area (Å²) in [4.78, 5) is 12.4. The number of ether oxygens (including phenoxy) is 2. The van der Waals surface area contributed by atoms with Crippen molar-refractivity contribution in [2.45, 2.75) is 64.6 Å². The van der Waals surface area contributed by atoms with Crippen LogP contribution >= 0.6 is 0 Å². The van der Waals surface area contributed by atoms with E-state index in [1.165, 1.54) is 0 Å². The lowest BCUT2D eigenvalue weighted by Crippen LogP contribution is -2.40. The fraction of sp³-hybridized carbons (Fsp3) is 0.611. The Bertz CT molecular complexity index is 725. The molecule has 1 fully saturated rings. The van der Waals surface area contributed by atoms with Gasteiger partial charge in [-0.1, -0.05) is 6.07 Å². The average molecular weight is 369 g/mol. The molecule has 0 aromatic heterocycles. The maximum Gasteiger partial charge on any atom is 0.264 e. The minimum absolute atomic E-state index is 0.0178. The van der Waals surface area contributed by atoms with Crippen molar-refractivity contribution in [1.29, 1.82) is 0 Å². The molecule has 6 nitrogen and oxygen atoms in total. The minimum atomic E-state index is -3.96. The molecule has 2 atom stereocenters. The standard InChI is InChI=1S/C18H27NO5S/c1-11-9-12(2)14(4)17(13(11)3)25(21,22)19-18(20)15(5)24-10-16-7-6-8-23-16/h9,15-16H,6-8,10H2,1-5H3,(H,19,20). The highest BCUT2D eigenvalue weighted by Crippen LogP contribution is 2.26. The van der Waals surface area contributed by atoms with E-state index in [-0.39, 0.29) is 17.6 Å². The summed E-state index contributed by atoms with van der Waals surface area (Å²) in [5.74, 6) is -0.670. The van der Waals surface area contributed by atoms with Gasteiger partial charge in [0, 0.05) is 6.61 Å². The third-order valence-corrected chi connectivity index (χ3v) is 6.35. The number of hydrogen-bond donors (Lipinski definition) is 1. The molecule has 1 amide bonds. The Morgan fingerprint density at radius 2 is 1.88 bits per heavy atom. The molecule has 2 rings (SSSR count). The molecule has 0 bridgehead atoms. The van der Waals surface area contributed by atoms with E-state index < -0.39 is 22.0 Å². The third kappa shape index (κ3) is 4.59. The van der Waals surface area contributed by atoms with Gasteiger partial charge in [-0.05, 0) is 69.7 Å². The Morgan fingerprint density at radius 3 is 2.40 bits per heavy atom. The second-order valence-electron chi connectivity index (χ2n) is 6.67. The Morgan fingerprint density at radius 1 is 1.28 bits per heavy atom. The number of aryl methyl sites for hydroxylation is 2. The summed E-state index contributed by atoms with van der Waals surface area (Å²) in [6.45, 7) is 9.74. The van der Waals surface area contributed by atoms with E-state index in [9.17, 15) is 13.2 Å². The molecule has 1 aliphatic rings. The number of sulfonamides is 1. The lowest BCUT2D eigenvalue weighted by atomic mass is 10.0. The van der Waals surface area contributed by atoms with Crippen LogP contribution in [0.4, 0.5) is 0 Å². The minimum Gasteiger partial charge on any atom is -0.376 e. The summed E-state index contributed by atoms with van der Waals surface area (Å²) >= 11 is 0. The van der Waals surface area contributed by atoms with E-state index in [0.29, 0.717) is 17.7 Å². The van der Waals surface area contributed by atoms with Crippen molar-refractivity contribution in [3.8, 4) is 0 Å². The van der Waals surface area contributed by atoms with E-state index in [2.05, 4.69) is 4.72 Å². The molecule has 2 unspecified atom stereocenters. The molecule has 1 saturated heterocycles. The van der Waals surface area contributed by atoms with Crippen LogP contribution in [0.3, 0.4) is 0 Å². The third-order valence-electron chi connectivity index (χ3n) is 4.73. The lowest BCUT2D eigenvalue weighted by molar-refractivity contribution is -0.131. The quantitative estimate of drug-likeness (QED) is 0.832. The number of rotatable bonds is 6. The second-order valence-corrected chi connectivity index (χ2v) is 8.29. The largest absolute Gasteiger partial charge is 0.376 e. The van der Waals surface area contributed by atoms with Gasteiger partial charge in [-0.15, -0.1) is 0 Å². The van der Waals surface area contributed by atoms with Crippen LogP contribution < -0.4 is 4.72 Å². The van der Waals surface area contributed by atoms with Gasteiger partial charge in [-0.25, -0.2) is 13.1 Å². The van der Waals surface area contributed by atoms with Crippen molar-refractivity contribution in [3.05, 3.63) is 28.3 Å². The Kier molecular flexibility index (Phi) is 6.24. The molecule has 0 aliphatic carbocycles. The summed E-state index contributed by atoms with van der Waals surface area (Å²) in [5, 5.41) is 0. The summed E-state index contributed by atoms with van der Waals surface area (Å²) in [5.41, 5.74) is 3.05. The van der Waals surface area contributed by atoms with E-state index in [4.69, 9.17) is 9.47 Å². The monoisotopic (exact) mass is 369 g/mol. The van der Waals surface area contributed by atoms with Gasteiger partial charge in [0.1, 0.15) is 6.10 Å². The Balaban J connectivity index is 2.11. The fourth-order valence-electron chi connectivity index (χ4n) is 2.95. The van der Waals surface area contributed by atoms with Crippen LogP contribution in [0.1, 0.15) is 42.0 Å². The number of amides is 1. The van der Waals surface area contributed by atoms with Crippen molar-refractivity contribution in [2.24, 2.45) is 0 Å². The number of carbonyl (C=O) groups is 1. The van der Waals surface area contributed by atoms with Gasteiger partial charge < -0.3 is 9.47 Å². The first-order valence-corrected chi connectivity index (χ1v) is 9.99. The number of nitrogens with one attached hydrogen (secondary N) is 1. The molecule has 1 aromatic rings. The van der Waals surface area contributed by atoms with Crippen LogP contribution in [0.2, 0.25) is 0 Å². The molecular weight excluding hydrogens is 342 g/mol. The van der Waals surface area contributed by atoms with Crippen molar-refractivity contribution >= 4 is 15.9 Å². The van der Waals surface area contributed by atoms with Gasteiger partial charge in [-0.3, -0.25) is 4.79 Å². The van der Waals surface area contributed by atoms with E-state index in [0.717, 1.165) is 24.0 Å². The van der Waals surface area contributed by atoms with Gasteiger partial charge in [0.05, 0.1) is 17.6 Å². The number of benzene rings is 1. The highest BCUT2D eigenvalue weighted by molar-refractivity contribution is 7.90. The highest BCUT2D eigenvalue weighted by atomic mass is 32.2. The molecule has 1 heterocycles. The van der Waals surface area contributed by atoms with E-state index >= 15 is 0 Å². The van der Waals surface area contributed by atoms with Gasteiger partial charge in [0.2, 0.25) is 0 Å². The molecule has 7 heteroatoms. The first-order valence-electron chi connectivity index (χ1n) is 8.50. The summed E-state index contributed by atoms with van der Waals surface area (Å²) in [6, 6.07) is 1.94. The maximum absolute atomic E-state index is 12.7. The van der Waals surface area contributed by atoms with E-state index in [1.807, 2.05) is 19.9 Å². The average Bonchev–Trinajstić information content (AvgIpc) is 3.03. The van der Waals surface area contributed by atoms with Crippen LogP contribution in [-0.4, -0.2) is 39.7 Å². The molecule has 1 aliphatic heterocycles. The zero-order valence-corrected chi connectivity index (χ0v) is 16.3. The predicted octanol–water partition coefficient (Wildman–Crippen LogP) is 2.31. The van der Waals surface area contributed by atoms with Crippen LogP contribution in [0.25, 0.3) is 0 Å². The topological polar surface area (TPSA) is 81.7 Å². The van der Waals surface area contributed by atoms with Crippen LogP contribution in [0.5, 0.6) is 0 Å². The Hall–Kier alpha value is -1.44. The molecule has 140 valence electrons. The fourth-order valence-corrected chi connectivity index (χ4v) is 4.61. The molecule has 1 aromatic carbocycles. The zero-order chi connectivity index (χ0) is 18.8.